The standard InChI is InChI=1S/C6H8F3N5O2/c1-5(3(15)16,6(7,8)9)10-4-11-12-13-14(4)2/h1-2H3,(H,15,16)(H,10,11,13). The number of hydrogen-bond acceptors (Lipinski definition) is 5. The fourth-order valence-corrected chi connectivity index (χ4v) is 0.805. The van der Waals surface area contributed by atoms with E-state index in [4.69, 9.17) is 5.11 Å². The molecule has 1 unspecified atom stereocenters. The Morgan fingerprint density at radius 2 is 2.06 bits per heavy atom. The molecule has 1 heterocycles. The van der Waals surface area contributed by atoms with Gasteiger partial charge in [-0.15, -0.1) is 0 Å². The predicted molar refractivity (Wildman–Crippen MR) is 44.5 cm³/mol. The second kappa shape index (κ2) is 3.61. The van der Waals surface area contributed by atoms with Crippen LogP contribution in [0.25, 0.3) is 0 Å². The van der Waals surface area contributed by atoms with E-state index >= 15 is 0 Å². The number of nitrogens with one attached hydrogen (secondary N) is 1. The van der Waals surface area contributed by atoms with Crippen LogP contribution in [0, 0.1) is 0 Å². The number of tetrazole rings is 1. The second-order valence-electron chi connectivity index (χ2n) is 3.18. The van der Waals surface area contributed by atoms with Crippen LogP contribution in [0.2, 0.25) is 0 Å². The highest BCUT2D eigenvalue weighted by Crippen LogP contribution is 2.32. The van der Waals surface area contributed by atoms with E-state index in [1.807, 2.05) is 0 Å². The highest BCUT2D eigenvalue weighted by atomic mass is 19.4. The average molecular weight is 239 g/mol. The summed E-state index contributed by atoms with van der Waals surface area (Å²) in [5.41, 5.74) is -3.14. The maximum Gasteiger partial charge on any atom is 0.422 e. The van der Waals surface area contributed by atoms with Gasteiger partial charge in [0.15, 0.2) is 0 Å². The number of anilines is 1. The van der Waals surface area contributed by atoms with E-state index < -0.39 is 17.7 Å². The number of carbonyl (C=O) groups is 1. The van der Waals surface area contributed by atoms with Crippen LogP contribution in [0.4, 0.5) is 19.1 Å². The van der Waals surface area contributed by atoms with Gasteiger partial charge in [0.2, 0.25) is 11.5 Å². The second-order valence-corrected chi connectivity index (χ2v) is 3.18. The van der Waals surface area contributed by atoms with E-state index in [9.17, 15) is 18.0 Å². The number of aromatic nitrogens is 4. The molecule has 1 rings (SSSR count). The summed E-state index contributed by atoms with van der Waals surface area (Å²) in [6, 6.07) is 0. The molecular formula is C6H8F3N5O2. The maximum absolute atomic E-state index is 12.6. The summed E-state index contributed by atoms with van der Waals surface area (Å²) in [5, 5.41) is 19.9. The molecule has 0 amide bonds. The molecule has 0 aliphatic carbocycles. The lowest BCUT2D eigenvalue weighted by atomic mass is 10.0. The van der Waals surface area contributed by atoms with Crippen LogP contribution < -0.4 is 5.32 Å². The van der Waals surface area contributed by atoms with Crippen molar-refractivity contribution < 1.29 is 23.1 Å². The Hall–Kier alpha value is -1.87. The summed E-state index contributed by atoms with van der Waals surface area (Å²) in [5.74, 6) is -2.45. The monoisotopic (exact) mass is 239 g/mol. The van der Waals surface area contributed by atoms with Crippen LogP contribution in [0.3, 0.4) is 0 Å². The molecule has 10 heteroatoms. The van der Waals surface area contributed by atoms with Crippen molar-refractivity contribution in [1.82, 2.24) is 20.2 Å². The summed E-state index contributed by atoms with van der Waals surface area (Å²) in [6.07, 6.45) is -4.98. The molecule has 0 saturated carbocycles. The van der Waals surface area contributed by atoms with Crippen LogP contribution in [0.1, 0.15) is 6.92 Å². The number of aryl methyl sites for hydroxylation is 1. The van der Waals surface area contributed by atoms with Gasteiger partial charge in [-0.3, -0.25) is 0 Å². The third kappa shape index (κ3) is 1.90. The Balaban J connectivity index is 3.07. The van der Waals surface area contributed by atoms with Crippen molar-refractivity contribution in [2.75, 3.05) is 5.32 Å². The minimum absolute atomic E-state index is 0.387. The zero-order valence-electron chi connectivity index (χ0n) is 8.28. The average Bonchev–Trinajstić information content (AvgIpc) is 2.49. The van der Waals surface area contributed by atoms with Gasteiger partial charge >= 0.3 is 12.1 Å². The Morgan fingerprint density at radius 1 is 1.50 bits per heavy atom. The third-order valence-corrected chi connectivity index (χ3v) is 1.98. The number of aliphatic carboxylic acids is 1. The van der Waals surface area contributed by atoms with Crippen LogP contribution >= 0.6 is 0 Å². The Bertz CT molecular complexity index is 403. The van der Waals surface area contributed by atoms with Gasteiger partial charge in [0.25, 0.3) is 0 Å². The summed E-state index contributed by atoms with van der Waals surface area (Å²) < 4.78 is 38.6. The zero-order valence-corrected chi connectivity index (χ0v) is 8.28. The van der Waals surface area contributed by atoms with Gasteiger partial charge in [-0.1, -0.05) is 5.10 Å². The van der Waals surface area contributed by atoms with Crippen LogP contribution in [-0.2, 0) is 11.8 Å². The van der Waals surface area contributed by atoms with Gasteiger partial charge in [-0.25, -0.2) is 9.48 Å². The first-order chi connectivity index (χ1) is 7.18. The van der Waals surface area contributed by atoms with Gasteiger partial charge in [0, 0.05) is 7.05 Å². The molecule has 0 aromatic carbocycles. The normalized spacial score (nSPS) is 15.6. The molecule has 7 nitrogen and oxygen atoms in total. The van der Waals surface area contributed by atoms with E-state index in [-0.39, 0.29) is 5.95 Å². The molecule has 0 radical (unpaired) electrons. The van der Waals surface area contributed by atoms with Crippen molar-refractivity contribution in [2.45, 2.75) is 18.6 Å². The lowest BCUT2D eigenvalue weighted by Crippen LogP contribution is -2.56. The molecule has 0 aliphatic heterocycles. The quantitative estimate of drug-likeness (QED) is 0.772. The van der Waals surface area contributed by atoms with Gasteiger partial charge in [-0.2, -0.15) is 13.2 Å². The number of carboxylic acids is 1. The molecule has 16 heavy (non-hydrogen) atoms. The van der Waals surface area contributed by atoms with Gasteiger partial charge in [0.05, 0.1) is 0 Å². The summed E-state index contributed by atoms with van der Waals surface area (Å²) >= 11 is 0. The van der Waals surface area contributed by atoms with E-state index in [1.165, 1.54) is 7.05 Å². The number of nitrogens with zero attached hydrogens (tertiary/aromatic N) is 4. The molecule has 0 bridgehead atoms. The minimum atomic E-state index is -4.98. The molecule has 0 fully saturated rings. The van der Waals surface area contributed by atoms with Crippen LogP contribution in [-0.4, -0.2) is 43.0 Å². The lowest BCUT2D eigenvalue weighted by molar-refractivity contribution is -0.193. The summed E-state index contributed by atoms with van der Waals surface area (Å²) in [6.45, 7) is 0.490. The number of rotatable bonds is 3. The van der Waals surface area contributed by atoms with Crippen molar-refractivity contribution in [3.8, 4) is 0 Å². The molecule has 0 spiro atoms. The van der Waals surface area contributed by atoms with E-state index in [2.05, 4.69) is 15.5 Å². The van der Waals surface area contributed by atoms with Gasteiger partial charge < -0.3 is 10.4 Å². The Kier molecular flexibility index (Phi) is 2.75. The lowest BCUT2D eigenvalue weighted by Gasteiger charge is -2.28. The van der Waals surface area contributed by atoms with Crippen molar-refractivity contribution in [1.29, 1.82) is 0 Å². The van der Waals surface area contributed by atoms with E-state index in [0.29, 0.717) is 6.92 Å². The van der Waals surface area contributed by atoms with Gasteiger partial charge in [0.1, 0.15) is 0 Å². The van der Waals surface area contributed by atoms with Crippen LogP contribution in [0.5, 0.6) is 0 Å². The molecule has 2 N–H and O–H groups in total. The summed E-state index contributed by atoms with van der Waals surface area (Å²) in [4.78, 5) is 10.6. The summed E-state index contributed by atoms with van der Waals surface area (Å²) in [7, 11) is 1.28. The smallest absolute Gasteiger partial charge is 0.422 e. The van der Waals surface area contributed by atoms with Crippen molar-refractivity contribution in [2.24, 2.45) is 7.05 Å². The van der Waals surface area contributed by atoms with E-state index in [1.54, 1.807) is 5.32 Å². The minimum Gasteiger partial charge on any atom is -0.479 e. The SMILES string of the molecule is Cn1nnnc1NC(C)(C(=O)O)C(F)(F)F. The molecule has 1 aromatic rings. The van der Waals surface area contributed by atoms with Crippen molar-refractivity contribution in [3.63, 3.8) is 0 Å². The fraction of sp³-hybridized carbons (Fsp3) is 0.667. The highest BCUT2D eigenvalue weighted by Gasteiger charge is 2.58. The first-order valence-corrected chi connectivity index (χ1v) is 3.99. The zero-order chi connectivity index (χ0) is 12.6. The van der Waals surface area contributed by atoms with Gasteiger partial charge in [-0.05, 0) is 17.4 Å². The topological polar surface area (TPSA) is 92.9 Å². The Labute approximate surface area is 87.2 Å². The first-order valence-electron chi connectivity index (χ1n) is 3.99. The number of alkyl halides is 3. The van der Waals surface area contributed by atoms with Crippen LogP contribution in [0.15, 0.2) is 0 Å². The first kappa shape index (κ1) is 12.2. The molecule has 0 saturated heterocycles. The molecular weight excluding hydrogens is 231 g/mol. The number of halogens is 3. The van der Waals surface area contributed by atoms with Crippen molar-refractivity contribution >= 4 is 11.9 Å². The predicted octanol–water partition coefficient (Wildman–Crippen LogP) is 0.0276. The fourth-order valence-electron chi connectivity index (χ4n) is 0.805. The molecule has 90 valence electrons. The highest BCUT2D eigenvalue weighted by molar-refractivity contribution is 5.82. The van der Waals surface area contributed by atoms with Crippen molar-refractivity contribution in [3.05, 3.63) is 0 Å². The largest absolute Gasteiger partial charge is 0.479 e. The number of carboxylic acid groups (broad SMARTS) is 1. The molecule has 0 aliphatic rings. The molecule has 1 aromatic heterocycles. The number of hydrogen-bond donors (Lipinski definition) is 2. The molecule has 1 atom stereocenters. The third-order valence-electron chi connectivity index (χ3n) is 1.98. The van der Waals surface area contributed by atoms with E-state index in [0.717, 1.165) is 4.68 Å². The Morgan fingerprint density at radius 3 is 2.38 bits per heavy atom. The maximum atomic E-state index is 12.6.